The predicted octanol–water partition coefficient (Wildman–Crippen LogP) is 5.17. The average molecular weight is 606 g/mol. The summed E-state index contributed by atoms with van der Waals surface area (Å²) in [5, 5.41) is 0.183. The quantitative estimate of drug-likeness (QED) is 0.139. The smallest absolute Gasteiger partial charge is 0.368 e. The molecule has 3 rings (SSSR count). The molecule has 0 saturated heterocycles. The molecule has 2 unspecified atom stereocenters. The van der Waals surface area contributed by atoms with Gasteiger partial charge in [-0.3, -0.25) is 23.2 Å². The van der Waals surface area contributed by atoms with Gasteiger partial charge in [-0.2, -0.15) is 9.97 Å². The summed E-state index contributed by atoms with van der Waals surface area (Å²) in [6.07, 6.45) is 5.43. The van der Waals surface area contributed by atoms with Crippen LogP contribution < -0.4 is 5.73 Å². The van der Waals surface area contributed by atoms with Crippen molar-refractivity contribution in [1.29, 1.82) is 0 Å². The Kier molecular flexibility index (Phi) is 11.2. The van der Waals surface area contributed by atoms with Crippen LogP contribution in [0.3, 0.4) is 0 Å². The predicted molar refractivity (Wildman–Crippen MR) is 151 cm³/mol. The van der Waals surface area contributed by atoms with Crippen LogP contribution in [-0.4, -0.2) is 61.1 Å². The molecule has 38 heavy (non-hydrogen) atoms. The third-order valence-electron chi connectivity index (χ3n) is 5.72. The van der Waals surface area contributed by atoms with Gasteiger partial charge in [0.2, 0.25) is 5.95 Å². The van der Waals surface area contributed by atoms with E-state index in [0.29, 0.717) is 23.3 Å². The summed E-state index contributed by atoms with van der Waals surface area (Å²) in [4.78, 5) is 36.8. The van der Waals surface area contributed by atoms with E-state index in [1.54, 1.807) is 6.33 Å². The van der Waals surface area contributed by atoms with Gasteiger partial charge < -0.3 is 10.3 Å². The van der Waals surface area contributed by atoms with Gasteiger partial charge in [0.05, 0.1) is 25.1 Å². The molecule has 2 aromatic rings. The largest absolute Gasteiger partial charge is 0.474 e. The molecule has 0 aliphatic heterocycles. The first kappa shape index (κ1) is 31.1. The fourth-order valence-electron chi connectivity index (χ4n) is 3.64. The van der Waals surface area contributed by atoms with Gasteiger partial charge >= 0.3 is 7.82 Å². The summed E-state index contributed by atoms with van der Waals surface area (Å²) < 4.78 is 31.8. The number of hydrogen-bond acceptors (Lipinski definition) is 12. The standard InChI is InChI=1S/C23H33ClN5O6PS2/c1-13(2)21(30)37-9-8-34-36(32,33-5)35-17(11-38-22(31)14(3)4)15-6-7-16(10-15)29-12-26-18-19(24)27-23(25)28-20(18)29/h6-7,12-17H,8-11H2,1-5H3,(H2,25,27,28)/t15-,16+,17?,36?/m1/s1. The molecule has 4 atom stereocenters. The van der Waals surface area contributed by atoms with Crippen LogP contribution in [0.2, 0.25) is 5.15 Å². The van der Waals surface area contributed by atoms with Crippen LogP contribution in [0, 0.1) is 17.8 Å². The molecule has 0 radical (unpaired) electrons. The minimum absolute atomic E-state index is 0.00341. The van der Waals surface area contributed by atoms with Crippen molar-refractivity contribution in [3.05, 3.63) is 23.6 Å². The average Bonchev–Trinajstić information content (AvgIpc) is 3.51. The summed E-state index contributed by atoms with van der Waals surface area (Å²) in [5.74, 6) is 0.107. The number of carbonyl (C=O) groups excluding carboxylic acids is 2. The fourth-order valence-corrected chi connectivity index (χ4v) is 6.89. The number of hydrogen-bond donors (Lipinski definition) is 1. The molecule has 0 aromatic carbocycles. The molecule has 2 heterocycles. The van der Waals surface area contributed by atoms with Gasteiger partial charge in [0, 0.05) is 36.4 Å². The van der Waals surface area contributed by atoms with Gasteiger partial charge in [0.15, 0.2) is 21.0 Å². The van der Waals surface area contributed by atoms with E-state index in [9.17, 15) is 14.2 Å². The summed E-state index contributed by atoms with van der Waals surface area (Å²) in [5.41, 5.74) is 6.72. The monoisotopic (exact) mass is 605 g/mol. The Morgan fingerprint density at radius 2 is 1.87 bits per heavy atom. The fraction of sp³-hybridized carbons (Fsp3) is 0.609. The molecule has 11 nitrogen and oxygen atoms in total. The Labute approximate surface area is 235 Å². The first-order valence-corrected chi connectivity index (χ1v) is 15.9. The zero-order valence-electron chi connectivity index (χ0n) is 21.9. The molecule has 210 valence electrons. The Hall–Kier alpha value is -1.47. The number of aromatic nitrogens is 4. The summed E-state index contributed by atoms with van der Waals surface area (Å²) in [7, 11) is -2.72. The van der Waals surface area contributed by atoms with Crippen LogP contribution in [0.25, 0.3) is 11.2 Å². The van der Waals surface area contributed by atoms with Gasteiger partial charge in [-0.25, -0.2) is 9.55 Å². The second-order valence-electron chi connectivity index (χ2n) is 9.26. The van der Waals surface area contributed by atoms with Crippen molar-refractivity contribution in [2.24, 2.45) is 17.8 Å². The van der Waals surface area contributed by atoms with Crippen molar-refractivity contribution in [2.45, 2.75) is 46.3 Å². The number of halogens is 1. The summed E-state index contributed by atoms with van der Waals surface area (Å²) in [6.45, 7) is 7.26. The molecule has 0 amide bonds. The first-order chi connectivity index (χ1) is 17.9. The number of nitrogens with zero attached hydrogens (tertiary/aromatic N) is 4. The number of phosphoric acid groups is 1. The number of thioether (sulfide) groups is 2. The van der Waals surface area contributed by atoms with E-state index in [1.807, 2.05) is 44.4 Å². The second kappa shape index (κ2) is 13.7. The number of imidazole rings is 1. The summed E-state index contributed by atoms with van der Waals surface area (Å²) >= 11 is 8.40. The molecule has 1 aliphatic carbocycles. The van der Waals surface area contributed by atoms with E-state index in [4.69, 9.17) is 30.9 Å². The van der Waals surface area contributed by atoms with Crippen molar-refractivity contribution in [1.82, 2.24) is 19.5 Å². The van der Waals surface area contributed by atoms with Crippen LogP contribution in [-0.2, 0) is 27.7 Å². The Balaban J connectivity index is 1.73. The van der Waals surface area contributed by atoms with Crippen molar-refractivity contribution in [3.8, 4) is 0 Å². The third kappa shape index (κ3) is 8.03. The highest BCUT2D eigenvalue weighted by Gasteiger charge is 2.37. The van der Waals surface area contributed by atoms with E-state index < -0.39 is 13.9 Å². The van der Waals surface area contributed by atoms with Crippen LogP contribution in [0.4, 0.5) is 5.95 Å². The lowest BCUT2D eigenvalue weighted by Crippen LogP contribution is -2.26. The lowest BCUT2D eigenvalue weighted by molar-refractivity contribution is -0.114. The van der Waals surface area contributed by atoms with E-state index in [1.165, 1.54) is 7.11 Å². The van der Waals surface area contributed by atoms with Crippen molar-refractivity contribution >= 4 is 70.3 Å². The SMILES string of the molecule is COP(=O)(OCCSC(=O)C(C)C)OC(CSC(=O)C(C)C)[C@@H]1C=C[C@H](n2cnc3c(Cl)nc(N)nc32)C1. The van der Waals surface area contributed by atoms with Crippen molar-refractivity contribution in [2.75, 3.05) is 31.0 Å². The Morgan fingerprint density at radius 3 is 2.53 bits per heavy atom. The third-order valence-corrected chi connectivity index (χ3v) is 9.84. The lowest BCUT2D eigenvalue weighted by atomic mass is 10.0. The Morgan fingerprint density at radius 1 is 1.18 bits per heavy atom. The molecule has 2 N–H and O–H groups in total. The van der Waals surface area contributed by atoms with Crippen molar-refractivity contribution in [3.63, 3.8) is 0 Å². The van der Waals surface area contributed by atoms with Gasteiger partial charge in [-0.1, -0.05) is 75.0 Å². The maximum atomic E-state index is 13.3. The number of nitrogens with two attached hydrogens (primary N) is 1. The normalized spacial score (nSPS) is 19.9. The highest BCUT2D eigenvalue weighted by atomic mass is 35.5. The van der Waals surface area contributed by atoms with E-state index in [0.717, 1.165) is 23.5 Å². The van der Waals surface area contributed by atoms with Gasteiger partial charge in [-0.15, -0.1) is 0 Å². The zero-order chi connectivity index (χ0) is 28.0. The van der Waals surface area contributed by atoms with Gasteiger partial charge in [-0.05, 0) is 6.42 Å². The molecule has 1 aliphatic rings. The number of rotatable bonds is 13. The number of anilines is 1. The minimum Gasteiger partial charge on any atom is -0.368 e. The van der Waals surface area contributed by atoms with E-state index in [2.05, 4.69) is 15.0 Å². The van der Waals surface area contributed by atoms with E-state index in [-0.39, 0.29) is 57.5 Å². The topological polar surface area (TPSA) is 149 Å². The molecule has 0 fully saturated rings. The number of allylic oxidation sites excluding steroid dienone is 1. The van der Waals surface area contributed by atoms with Gasteiger partial charge in [0.1, 0.15) is 5.52 Å². The number of nitrogen functional groups attached to an aromatic ring is 1. The van der Waals surface area contributed by atoms with Crippen LogP contribution in [0.5, 0.6) is 0 Å². The van der Waals surface area contributed by atoms with Crippen molar-refractivity contribution < 1.29 is 27.7 Å². The highest BCUT2D eigenvalue weighted by Crippen LogP contribution is 2.52. The molecule has 0 bridgehead atoms. The number of carbonyl (C=O) groups is 2. The lowest BCUT2D eigenvalue weighted by Gasteiger charge is -2.27. The molecule has 0 saturated carbocycles. The molecular weight excluding hydrogens is 573 g/mol. The first-order valence-electron chi connectivity index (χ1n) is 12.1. The minimum atomic E-state index is -3.97. The van der Waals surface area contributed by atoms with Crippen LogP contribution in [0.1, 0.15) is 40.2 Å². The molecular formula is C23H33ClN5O6PS2. The molecule has 0 spiro atoms. The van der Waals surface area contributed by atoms with Crippen LogP contribution >= 0.6 is 42.9 Å². The molecule has 15 heteroatoms. The maximum Gasteiger partial charge on any atom is 0.474 e. The highest BCUT2D eigenvalue weighted by molar-refractivity contribution is 8.13. The number of phosphoric ester groups is 1. The summed E-state index contributed by atoms with van der Waals surface area (Å²) in [6, 6.07) is -0.159. The van der Waals surface area contributed by atoms with Gasteiger partial charge in [0.25, 0.3) is 0 Å². The zero-order valence-corrected chi connectivity index (χ0v) is 25.2. The Bertz CT molecular complexity index is 1230. The van der Waals surface area contributed by atoms with E-state index >= 15 is 0 Å². The maximum absolute atomic E-state index is 13.3. The molecule has 2 aromatic heterocycles. The second-order valence-corrected chi connectivity index (χ2v) is 13.5. The number of fused-ring (bicyclic) bond motifs is 1. The van der Waals surface area contributed by atoms with Crippen LogP contribution in [0.15, 0.2) is 18.5 Å².